The van der Waals surface area contributed by atoms with E-state index < -0.39 is 24.4 Å². The Morgan fingerprint density at radius 1 is 1.08 bits per heavy atom. The van der Waals surface area contributed by atoms with Crippen LogP contribution >= 0.6 is 0 Å². The van der Waals surface area contributed by atoms with Gasteiger partial charge in [0, 0.05) is 18.4 Å². The molecular formula is C15H13F3N6O. The van der Waals surface area contributed by atoms with Gasteiger partial charge in [-0.25, -0.2) is 17.9 Å². The second kappa shape index (κ2) is 5.64. The molecule has 0 saturated heterocycles. The van der Waals surface area contributed by atoms with Gasteiger partial charge in [0.15, 0.2) is 5.67 Å². The minimum Gasteiger partial charge on any atom is -0.335 e. The van der Waals surface area contributed by atoms with Gasteiger partial charge in [-0.05, 0) is 35.4 Å². The predicted molar refractivity (Wildman–Crippen MR) is 78.6 cm³/mol. The number of tetrazole rings is 1. The average Bonchev–Trinajstić information content (AvgIpc) is 3.30. The summed E-state index contributed by atoms with van der Waals surface area (Å²) in [6, 6.07) is 6.96. The van der Waals surface area contributed by atoms with Crippen molar-refractivity contribution in [1.82, 2.24) is 30.3 Å². The van der Waals surface area contributed by atoms with E-state index in [9.17, 15) is 13.2 Å². The molecule has 0 bridgehead atoms. The van der Waals surface area contributed by atoms with Gasteiger partial charge in [-0.2, -0.15) is 4.98 Å². The van der Waals surface area contributed by atoms with Crippen LogP contribution in [-0.4, -0.2) is 36.3 Å². The summed E-state index contributed by atoms with van der Waals surface area (Å²) in [5.41, 5.74) is -0.769. The van der Waals surface area contributed by atoms with Gasteiger partial charge in [0.1, 0.15) is 6.33 Å². The maximum Gasteiger partial charge on any atom is 0.264 e. The summed E-state index contributed by atoms with van der Waals surface area (Å²) in [5, 5.41) is 14.7. The summed E-state index contributed by atoms with van der Waals surface area (Å²) >= 11 is 0. The number of rotatable bonds is 3. The van der Waals surface area contributed by atoms with E-state index in [2.05, 4.69) is 25.7 Å². The third-order valence-electron chi connectivity index (χ3n) is 4.30. The largest absolute Gasteiger partial charge is 0.335 e. The highest BCUT2D eigenvalue weighted by Crippen LogP contribution is 2.46. The molecule has 0 spiro atoms. The van der Waals surface area contributed by atoms with Gasteiger partial charge in [0.2, 0.25) is 11.7 Å². The second-order valence-corrected chi connectivity index (χ2v) is 6.05. The maximum absolute atomic E-state index is 14.9. The number of hydrogen-bond donors (Lipinski definition) is 0. The lowest BCUT2D eigenvalue weighted by Gasteiger charge is -2.30. The molecular weight excluding hydrogens is 337 g/mol. The van der Waals surface area contributed by atoms with E-state index >= 15 is 0 Å². The fourth-order valence-electron chi connectivity index (χ4n) is 2.82. The Kier molecular flexibility index (Phi) is 3.55. The van der Waals surface area contributed by atoms with Crippen molar-refractivity contribution in [3.05, 3.63) is 36.5 Å². The zero-order valence-electron chi connectivity index (χ0n) is 12.9. The average molecular weight is 350 g/mol. The molecule has 1 fully saturated rings. The van der Waals surface area contributed by atoms with Crippen LogP contribution in [0.3, 0.4) is 0 Å². The summed E-state index contributed by atoms with van der Waals surface area (Å²) in [5.74, 6) is -2.91. The lowest BCUT2D eigenvalue weighted by atomic mass is 9.84. The minimum absolute atomic E-state index is 0.180. The molecule has 25 heavy (non-hydrogen) atoms. The molecule has 130 valence electrons. The molecule has 0 radical (unpaired) electrons. The predicted octanol–water partition coefficient (Wildman–Crippen LogP) is 3.09. The van der Waals surface area contributed by atoms with Gasteiger partial charge in [-0.15, -0.1) is 5.10 Å². The molecule has 1 saturated carbocycles. The summed E-state index contributed by atoms with van der Waals surface area (Å²) in [6.45, 7) is 0. The fourth-order valence-corrected chi connectivity index (χ4v) is 2.82. The van der Waals surface area contributed by atoms with E-state index in [1.165, 1.54) is 11.0 Å². The highest BCUT2D eigenvalue weighted by atomic mass is 19.3. The van der Waals surface area contributed by atoms with Crippen LogP contribution in [0.15, 0.2) is 35.1 Å². The summed E-state index contributed by atoms with van der Waals surface area (Å²) in [6.07, 6.45) is -0.315. The molecule has 0 aliphatic heterocycles. The van der Waals surface area contributed by atoms with Gasteiger partial charge >= 0.3 is 0 Å². The Morgan fingerprint density at radius 2 is 1.88 bits per heavy atom. The molecule has 2 aromatic heterocycles. The SMILES string of the molecule is FC1(F)CCC(F)(c2nc(-c3cccc(-n4cnnn4)c3)no2)CC1. The normalized spacial score (nSPS) is 19.0. The third kappa shape index (κ3) is 2.99. The molecule has 1 aliphatic rings. The van der Waals surface area contributed by atoms with E-state index in [1.54, 1.807) is 24.3 Å². The molecule has 7 nitrogen and oxygen atoms in total. The van der Waals surface area contributed by atoms with Gasteiger partial charge < -0.3 is 4.52 Å². The van der Waals surface area contributed by atoms with Crippen molar-refractivity contribution < 1.29 is 17.7 Å². The molecule has 2 heterocycles. The number of halogens is 3. The van der Waals surface area contributed by atoms with Gasteiger partial charge in [-0.3, -0.25) is 0 Å². The number of hydrogen-bond acceptors (Lipinski definition) is 6. The molecule has 3 aromatic rings. The second-order valence-electron chi connectivity index (χ2n) is 6.05. The van der Waals surface area contributed by atoms with Gasteiger partial charge in [0.05, 0.1) is 5.69 Å². The number of aromatic nitrogens is 6. The van der Waals surface area contributed by atoms with Crippen LogP contribution < -0.4 is 0 Å². The van der Waals surface area contributed by atoms with E-state index in [0.29, 0.717) is 11.3 Å². The van der Waals surface area contributed by atoms with Crippen LogP contribution in [0.25, 0.3) is 17.1 Å². The zero-order chi connectivity index (χ0) is 17.5. The third-order valence-corrected chi connectivity index (χ3v) is 4.30. The van der Waals surface area contributed by atoms with Crippen LogP contribution in [-0.2, 0) is 5.67 Å². The Bertz CT molecular complexity index is 869. The van der Waals surface area contributed by atoms with Crippen molar-refractivity contribution in [3.63, 3.8) is 0 Å². The number of benzene rings is 1. The summed E-state index contributed by atoms with van der Waals surface area (Å²) in [7, 11) is 0. The Hall–Kier alpha value is -2.78. The Morgan fingerprint density at radius 3 is 2.60 bits per heavy atom. The molecule has 1 aliphatic carbocycles. The molecule has 0 N–H and O–H groups in total. The first-order chi connectivity index (χ1) is 12.0. The first-order valence-corrected chi connectivity index (χ1v) is 7.70. The van der Waals surface area contributed by atoms with Crippen molar-refractivity contribution >= 4 is 0 Å². The van der Waals surface area contributed by atoms with Crippen molar-refractivity contribution in [3.8, 4) is 17.1 Å². The molecule has 1 aromatic carbocycles. The summed E-state index contributed by atoms with van der Waals surface area (Å²) < 4.78 is 47.9. The van der Waals surface area contributed by atoms with Crippen LogP contribution in [0.1, 0.15) is 31.6 Å². The first kappa shape index (κ1) is 15.7. The van der Waals surface area contributed by atoms with Gasteiger partial charge in [-0.1, -0.05) is 17.3 Å². The monoisotopic (exact) mass is 350 g/mol. The van der Waals surface area contributed by atoms with E-state index in [0.717, 1.165) is 0 Å². The van der Waals surface area contributed by atoms with Crippen LogP contribution in [0, 0.1) is 0 Å². The standard InChI is InChI=1S/C15H13F3N6O/c16-14(4-6-15(17,18)7-5-14)13-20-12(21-25-13)10-2-1-3-11(8-10)24-9-19-22-23-24/h1-3,8-9H,4-7H2. The number of alkyl halides is 3. The van der Waals surface area contributed by atoms with Crippen molar-refractivity contribution in [2.75, 3.05) is 0 Å². The minimum atomic E-state index is -2.83. The topological polar surface area (TPSA) is 82.5 Å². The molecule has 0 atom stereocenters. The van der Waals surface area contributed by atoms with E-state index in [4.69, 9.17) is 4.52 Å². The van der Waals surface area contributed by atoms with Crippen LogP contribution in [0.2, 0.25) is 0 Å². The fraction of sp³-hybridized carbons (Fsp3) is 0.400. The quantitative estimate of drug-likeness (QED) is 0.722. The van der Waals surface area contributed by atoms with Crippen LogP contribution in [0.4, 0.5) is 13.2 Å². The van der Waals surface area contributed by atoms with Gasteiger partial charge in [0.25, 0.3) is 5.89 Å². The van der Waals surface area contributed by atoms with Crippen molar-refractivity contribution in [2.45, 2.75) is 37.3 Å². The van der Waals surface area contributed by atoms with E-state index in [-0.39, 0.29) is 24.6 Å². The lowest BCUT2D eigenvalue weighted by molar-refractivity contribution is -0.0849. The zero-order valence-corrected chi connectivity index (χ0v) is 12.9. The first-order valence-electron chi connectivity index (χ1n) is 7.70. The van der Waals surface area contributed by atoms with Crippen molar-refractivity contribution in [2.24, 2.45) is 0 Å². The maximum atomic E-state index is 14.9. The molecule has 4 rings (SSSR count). The van der Waals surface area contributed by atoms with Crippen molar-refractivity contribution in [1.29, 1.82) is 0 Å². The highest BCUT2D eigenvalue weighted by Gasteiger charge is 2.48. The van der Waals surface area contributed by atoms with E-state index in [1.807, 2.05) is 0 Å². The summed E-state index contributed by atoms with van der Waals surface area (Å²) in [4.78, 5) is 4.09. The Balaban J connectivity index is 1.61. The van der Waals surface area contributed by atoms with Crippen LogP contribution in [0.5, 0.6) is 0 Å². The molecule has 0 unspecified atom stereocenters. The molecule has 10 heteroatoms. The Labute approximate surface area is 139 Å². The smallest absolute Gasteiger partial charge is 0.264 e. The highest BCUT2D eigenvalue weighted by molar-refractivity contribution is 5.58. The lowest BCUT2D eigenvalue weighted by Crippen LogP contribution is -2.33. The number of nitrogens with zero attached hydrogens (tertiary/aromatic N) is 6. The molecule has 0 amide bonds.